The van der Waals surface area contributed by atoms with Gasteiger partial charge in [-0.05, 0) is 43.9 Å². The summed E-state index contributed by atoms with van der Waals surface area (Å²) >= 11 is 0. The number of hydrogen-bond donors (Lipinski definition) is 2. The summed E-state index contributed by atoms with van der Waals surface area (Å²) in [5.41, 5.74) is 5.07. The van der Waals surface area contributed by atoms with E-state index in [1.807, 2.05) is 0 Å². The lowest BCUT2D eigenvalue weighted by atomic mass is 9.89. The van der Waals surface area contributed by atoms with Gasteiger partial charge in [-0.25, -0.2) is 9.78 Å². The van der Waals surface area contributed by atoms with Crippen LogP contribution in [0.2, 0.25) is 0 Å². The largest absolute Gasteiger partial charge is 0.489 e. The van der Waals surface area contributed by atoms with Crippen LogP contribution in [-0.2, 0) is 4.74 Å². The molecule has 212 valence electrons. The fraction of sp³-hybridized carbons (Fsp3) is 0.520. The molecule has 2 amide bonds. The standard InChI is InChI=1S/C25H29F2N5O6.ClH/c1-14(29)20-19(21(33)31-25(13-28)7-9-32(10-8-25)24(34)35-2)30-22(38-20)16-5-6-17(37-23(26)27)18(11-16)36-12-15-3-4-15;/h5-6,11,14-15,23H,3-4,7-10,12,29H2,1-2H3,(H,31,33);1H/t14-;/m0./s1. The van der Waals surface area contributed by atoms with Gasteiger partial charge in [0.05, 0.1) is 25.8 Å². The molecule has 1 saturated heterocycles. The first-order valence-corrected chi connectivity index (χ1v) is 12.2. The highest BCUT2D eigenvalue weighted by atomic mass is 35.5. The van der Waals surface area contributed by atoms with Crippen molar-refractivity contribution in [3.05, 3.63) is 29.7 Å². The number of likely N-dealkylation sites (tertiary alicyclic amines) is 1. The quantitative estimate of drug-likeness (QED) is 0.455. The number of ether oxygens (including phenoxy) is 3. The maximum absolute atomic E-state index is 13.3. The summed E-state index contributed by atoms with van der Waals surface area (Å²) < 4.78 is 46.6. The molecule has 2 heterocycles. The van der Waals surface area contributed by atoms with Crippen LogP contribution in [0.25, 0.3) is 11.5 Å². The molecule has 1 aliphatic heterocycles. The smallest absolute Gasteiger partial charge is 0.409 e. The fourth-order valence-corrected chi connectivity index (χ4v) is 4.11. The molecule has 0 radical (unpaired) electrons. The highest BCUT2D eigenvalue weighted by Gasteiger charge is 2.39. The van der Waals surface area contributed by atoms with Crippen molar-refractivity contribution >= 4 is 24.4 Å². The minimum Gasteiger partial charge on any atom is -0.489 e. The zero-order chi connectivity index (χ0) is 27.4. The van der Waals surface area contributed by atoms with Gasteiger partial charge in [-0.2, -0.15) is 14.0 Å². The summed E-state index contributed by atoms with van der Waals surface area (Å²) in [6, 6.07) is 5.66. The normalized spacial score (nSPS) is 17.0. The van der Waals surface area contributed by atoms with Gasteiger partial charge < -0.3 is 34.6 Å². The van der Waals surface area contributed by atoms with Crippen molar-refractivity contribution in [2.45, 2.75) is 50.8 Å². The molecule has 1 aromatic heterocycles. The van der Waals surface area contributed by atoms with E-state index in [-0.39, 0.29) is 67.2 Å². The average molecular weight is 570 g/mol. The molecule has 4 rings (SSSR count). The first-order chi connectivity index (χ1) is 18.1. The Morgan fingerprint density at radius 2 is 2.00 bits per heavy atom. The molecule has 39 heavy (non-hydrogen) atoms. The first kappa shape index (κ1) is 29.9. The van der Waals surface area contributed by atoms with E-state index in [9.17, 15) is 23.6 Å². The monoisotopic (exact) mass is 569 g/mol. The van der Waals surface area contributed by atoms with Crippen molar-refractivity contribution in [1.82, 2.24) is 15.2 Å². The number of piperidine rings is 1. The number of nitrogens with two attached hydrogens (primary N) is 1. The molecule has 0 bridgehead atoms. The third kappa shape index (κ3) is 7.07. The number of oxazole rings is 1. The Bertz CT molecular complexity index is 1220. The van der Waals surface area contributed by atoms with Gasteiger partial charge in [-0.1, -0.05) is 0 Å². The SMILES string of the molecule is COC(=O)N1CCC(C#N)(NC(=O)c2nc(-c3ccc(OC(F)F)c(OCC4CC4)c3)oc2[C@H](C)N)CC1.Cl. The Kier molecular flexibility index (Phi) is 9.58. The summed E-state index contributed by atoms with van der Waals surface area (Å²) in [5.74, 6) is -0.215. The molecule has 2 aliphatic rings. The number of halogens is 3. The fourth-order valence-electron chi connectivity index (χ4n) is 4.11. The second-order valence-corrected chi connectivity index (χ2v) is 9.42. The number of carbonyl (C=O) groups is 2. The Hall–Kier alpha value is -3.63. The van der Waals surface area contributed by atoms with Gasteiger partial charge in [0.25, 0.3) is 5.91 Å². The van der Waals surface area contributed by atoms with E-state index in [0.717, 1.165) is 12.8 Å². The summed E-state index contributed by atoms with van der Waals surface area (Å²) in [4.78, 5) is 30.8. The maximum Gasteiger partial charge on any atom is 0.409 e. The molecule has 1 aromatic carbocycles. The molecule has 11 nitrogen and oxygen atoms in total. The highest BCUT2D eigenvalue weighted by molar-refractivity contribution is 5.94. The predicted octanol–water partition coefficient (Wildman–Crippen LogP) is 4.03. The van der Waals surface area contributed by atoms with Crippen LogP contribution in [0.15, 0.2) is 22.6 Å². The summed E-state index contributed by atoms with van der Waals surface area (Å²) in [6.45, 7) is -0.614. The van der Waals surface area contributed by atoms with Crippen LogP contribution in [0.1, 0.15) is 54.9 Å². The molecular weight excluding hydrogens is 540 g/mol. The molecule has 0 unspecified atom stereocenters. The van der Waals surface area contributed by atoms with E-state index in [0.29, 0.717) is 18.1 Å². The van der Waals surface area contributed by atoms with Crippen molar-refractivity contribution in [2.75, 3.05) is 26.8 Å². The van der Waals surface area contributed by atoms with Gasteiger partial charge in [0.15, 0.2) is 23.0 Å². The summed E-state index contributed by atoms with van der Waals surface area (Å²) in [6.07, 6.45) is 1.89. The molecule has 1 saturated carbocycles. The molecule has 2 aromatic rings. The number of alkyl halides is 2. The lowest BCUT2D eigenvalue weighted by molar-refractivity contribution is -0.0515. The second-order valence-electron chi connectivity index (χ2n) is 9.42. The number of nitrogens with zero attached hydrogens (tertiary/aromatic N) is 3. The minimum absolute atomic E-state index is 0. The number of aromatic nitrogens is 1. The van der Waals surface area contributed by atoms with Gasteiger partial charge in [0, 0.05) is 31.5 Å². The van der Waals surface area contributed by atoms with E-state index >= 15 is 0 Å². The third-order valence-corrected chi connectivity index (χ3v) is 6.48. The molecule has 0 spiro atoms. The molecule has 1 atom stereocenters. The maximum atomic E-state index is 13.3. The van der Waals surface area contributed by atoms with Crippen LogP contribution in [0, 0.1) is 17.2 Å². The topological polar surface area (TPSA) is 153 Å². The zero-order valence-corrected chi connectivity index (χ0v) is 22.3. The average Bonchev–Trinajstić information content (AvgIpc) is 3.62. The number of carbonyl (C=O) groups excluding carboxylic acids is 2. The van der Waals surface area contributed by atoms with Crippen LogP contribution >= 0.6 is 12.4 Å². The summed E-state index contributed by atoms with van der Waals surface area (Å²) in [5, 5.41) is 12.6. The molecular formula is C25H30ClF2N5O6. The lowest BCUT2D eigenvalue weighted by Crippen LogP contribution is -2.55. The third-order valence-electron chi connectivity index (χ3n) is 6.48. The van der Waals surface area contributed by atoms with E-state index in [4.69, 9.17) is 19.6 Å². The van der Waals surface area contributed by atoms with Crippen LogP contribution in [0.4, 0.5) is 13.6 Å². The van der Waals surface area contributed by atoms with E-state index in [1.165, 1.54) is 30.2 Å². The first-order valence-electron chi connectivity index (χ1n) is 12.2. The number of nitriles is 1. The number of rotatable bonds is 9. The minimum atomic E-state index is -3.03. The van der Waals surface area contributed by atoms with E-state index < -0.39 is 30.2 Å². The number of methoxy groups -OCH3 is 1. The molecule has 1 aliphatic carbocycles. The van der Waals surface area contributed by atoms with Crippen LogP contribution in [-0.4, -0.2) is 60.8 Å². The van der Waals surface area contributed by atoms with E-state index in [2.05, 4.69) is 21.1 Å². The Morgan fingerprint density at radius 3 is 2.56 bits per heavy atom. The van der Waals surface area contributed by atoms with Gasteiger partial charge in [-0.3, -0.25) is 4.79 Å². The van der Waals surface area contributed by atoms with Crippen molar-refractivity contribution in [3.63, 3.8) is 0 Å². The predicted molar refractivity (Wildman–Crippen MR) is 136 cm³/mol. The van der Waals surface area contributed by atoms with Gasteiger partial charge >= 0.3 is 12.7 Å². The van der Waals surface area contributed by atoms with Crippen molar-refractivity contribution in [1.29, 1.82) is 5.26 Å². The van der Waals surface area contributed by atoms with Gasteiger partial charge in [0.2, 0.25) is 5.89 Å². The lowest BCUT2D eigenvalue weighted by Gasteiger charge is -2.36. The van der Waals surface area contributed by atoms with Crippen molar-refractivity contribution in [2.24, 2.45) is 11.7 Å². The zero-order valence-electron chi connectivity index (χ0n) is 21.4. The van der Waals surface area contributed by atoms with E-state index in [1.54, 1.807) is 6.92 Å². The summed E-state index contributed by atoms with van der Waals surface area (Å²) in [7, 11) is 1.27. The van der Waals surface area contributed by atoms with Crippen LogP contribution in [0.5, 0.6) is 11.5 Å². The van der Waals surface area contributed by atoms with Crippen LogP contribution in [0.3, 0.4) is 0 Å². The Morgan fingerprint density at radius 1 is 1.31 bits per heavy atom. The van der Waals surface area contributed by atoms with Crippen molar-refractivity contribution < 1.29 is 37.0 Å². The van der Waals surface area contributed by atoms with Crippen molar-refractivity contribution in [3.8, 4) is 29.0 Å². The molecule has 2 fully saturated rings. The number of nitrogens with one attached hydrogen (secondary N) is 1. The number of benzene rings is 1. The Labute approximate surface area is 230 Å². The number of amides is 2. The number of hydrogen-bond acceptors (Lipinski definition) is 9. The van der Waals surface area contributed by atoms with Crippen LogP contribution < -0.4 is 20.5 Å². The molecule has 14 heteroatoms. The Balaban J connectivity index is 0.00000420. The second kappa shape index (κ2) is 12.5. The highest BCUT2D eigenvalue weighted by Crippen LogP contribution is 2.37. The molecule has 3 N–H and O–H groups in total. The van der Waals surface area contributed by atoms with Gasteiger partial charge in [0.1, 0.15) is 5.54 Å². The van der Waals surface area contributed by atoms with Gasteiger partial charge in [-0.15, -0.1) is 12.4 Å².